The van der Waals surface area contributed by atoms with Crippen LogP contribution in [-0.4, -0.2) is 52.0 Å². The third kappa shape index (κ3) is 4.94. The molecule has 0 amide bonds. The second-order valence-electron chi connectivity index (χ2n) is 5.21. The van der Waals surface area contributed by atoms with Crippen molar-refractivity contribution in [3.8, 4) is 0 Å². The SMILES string of the molecule is CCSCCN1CCC(Nc2cc(CC)ncn2)CC1. The molecule has 0 aliphatic carbocycles. The van der Waals surface area contributed by atoms with Crippen molar-refractivity contribution in [1.82, 2.24) is 14.9 Å². The number of hydrogen-bond donors (Lipinski definition) is 1. The van der Waals surface area contributed by atoms with Crippen LogP contribution < -0.4 is 5.32 Å². The molecule has 5 heteroatoms. The highest BCUT2D eigenvalue weighted by atomic mass is 32.2. The smallest absolute Gasteiger partial charge is 0.129 e. The zero-order chi connectivity index (χ0) is 14.2. The van der Waals surface area contributed by atoms with E-state index in [-0.39, 0.29) is 0 Å². The molecule has 1 N–H and O–H groups in total. The number of piperidine rings is 1. The third-order valence-electron chi connectivity index (χ3n) is 3.78. The second kappa shape index (κ2) is 8.47. The minimum Gasteiger partial charge on any atom is -0.367 e. The van der Waals surface area contributed by atoms with E-state index in [2.05, 4.69) is 40.1 Å². The van der Waals surface area contributed by atoms with Gasteiger partial charge in [-0.05, 0) is 25.0 Å². The molecule has 1 aromatic rings. The van der Waals surface area contributed by atoms with Crippen LogP contribution >= 0.6 is 11.8 Å². The molecule has 20 heavy (non-hydrogen) atoms. The van der Waals surface area contributed by atoms with E-state index in [0.29, 0.717) is 6.04 Å². The number of rotatable bonds is 7. The van der Waals surface area contributed by atoms with Crippen molar-refractivity contribution >= 4 is 17.6 Å². The summed E-state index contributed by atoms with van der Waals surface area (Å²) in [5.74, 6) is 3.48. The topological polar surface area (TPSA) is 41.0 Å². The molecule has 0 unspecified atom stereocenters. The maximum absolute atomic E-state index is 4.32. The summed E-state index contributed by atoms with van der Waals surface area (Å²) in [5, 5.41) is 3.56. The first-order valence-corrected chi connectivity index (χ1v) is 8.84. The maximum atomic E-state index is 4.32. The van der Waals surface area contributed by atoms with Crippen molar-refractivity contribution < 1.29 is 0 Å². The lowest BCUT2D eigenvalue weighted by Gasteiger charge is -2.32. The highest BCUT2D eigenvalue weighted by molar-refractivity contribution is 7.99. The minimum absolute atomic E-state index is 0.560. The number of likely N-dealkylation sites (tertiary alicyclic amines) is 1. The van der Waals surface area contributed by atoms with Gasteiger partial charge in [-0.1, -0.05) is 13.8 Å². The van der Waals surface area contributed by atoms with Gasteiger partial charge < -0.3 is 10.2 Å². The molecule has 1 aliphatic rings. The van der Waals surface area contributed by atoms with Crippen LogP contribution in [0.1, 0.15) is 32.4 Å². The molecule has 1 saturated heterocycles. The van der Waals surface area contributed by atoms with Gasteiger partial charge in [-0.25, -0.2) is 9.97 Å². The van der Waals surface area contributed by atoms with E-state index in [4.69, 9.17) is 0 Å². The van der Waals surface area contributed by atoms with Gasteiger partial charge in [0.1, 0.15) is 12.1 Å². The van der Waals surface area contributed by atoms with E-state index in [9.17, 15) is 0 Å². The molecule has 1 aromatic heterocycles. The first-order chi connectivity index (χ1) is 9.81. The van der Waals surface area contributed by atoms with Crippen LogP contribution in [0.2, 0.25) is 0 Å². The molecule has 0 aromatic carbocycles. The summed E-state index contributed by atoms with van der Waals surface area (Å²) in [6.07, 6.45) is 5.05. The van der Waals surface area contributed by atoms with Crippen molar-refractivity contribution in [2.75, 3.05) is 36.5 Å². The normalized spacial score (nSPS) is 17.3. The van der Waals surface area contributed by atoms with Gasteiger partial charge in [0.15, 0.2) is 0 Å². The van der Waals surface area contributed by atoms with Crippen LogP contribution in [0.25, 0.3) is 0 Å². The molecule has 0 saturated carbocycles. The van der Waals surface area contributed by atoms with Crippen LogP contribution in [0.5, 0.6) is 0 Å². The van der Waals surface area contributed by atoms with Crippen molar-refractivity contribution in [3.05, 3.63) is 18.1 Å². The molecule has 112 valence electrons. The number of aromatic nitrogens is 2. The van der Waals surface area contributed by atoms with Crippen LogP contribution in [0.3, 0.4) is 0 Å². The average Bonchev–Trinajstić information content (AvgIpc) is 2.49. The second-order valence-corrected chi connectivity index (χ2v) is 6.60. The number of nitrogens with zero attached hydrogens (tertiary/aromatic N) is 3. The fraction of sp³-hybridized carbons (Fsp3) is 0.733. The van der Waals surface area contributed by atoms with Crippen LogP contribution in [0.4, 0.5) is 5.82 Å². The summed E-state index contributed by atoms with van der Waals surface area (Å²) >= 11 is 2.04. The number of aryl methyl sites for hydroxylation is 1. The van der Waals surface area contributed by atoms with E-state index in [1.54, 1.807) is 6.33 Å². The maximum Gasteiger partial charge on any atom is 0.129 e. The Hall–Kier alpha value is -0.810. The quantitative estimate of drug-likeness (QED) is 0.783. The molecule has 0 spiro atoms. The average molecular weight is 294 g/mol. The largest absolute Gasteiger partial charge is 0.367 e. The van der Waals surface area contributed by atoms with Gasteiger partial charge in [0.2, 0.25) is 0 Å². The Morgan fingerprint density at radius 1 is 1.30 bits per heavy atom. The van der Waals surface area contributed by atoms with Crippen molar-refractivity contribution in [1.29, 1.82) is 0 Å². The summed E-state index contributed by atoms with van der Waals surface area (Å²) in [6.45, 7) is 7.99. The van der Waals surface area contributed by atoms with E-state index in [1.165, 1.54) is 44.0 Å². The summed E-state index contributed by atoms with van der Waals surface area (Å²) in [7, 11) is 0. The van der Waals surface area contributed by atoms with Gasteiger partial charge in [-0.2, -0.15) is 11.8 Å². The molecule has 4 nitrogen and oxygen atoms in total. The summed E-state index contributed by atoms with van der Waals surface area (Å²) in [4.78, 5) is 11.1. The summed E-state index contributed by atoms with van der Waals surface area (Å²) in [6, 6.07) is 2.63. The molecule has 1 fully saturated rings. The first-order valence-electron chi connectivity index (χ1n) is 7.69. The standard InChI is InChI=1S/C15H26N4S/c1-3-13-11-15(17-12-16-13)18-14-5-7-19(8-6-14)9-10-20-4-2/h11-12,14H,3-10H2,1-2H3,(H,16,17,18). The van der Waals surface area contributed by atoms with E-state index in [1.807, 2.05) is 11.8 Å². The van der Waals surface area contributed by atoms with Gasteiger partial charge in [0.05, 0.1) is 0 Å². The van der Waals surface area contributed by atoms with Crippen LogP contribution in [-0.2, 0) is 6.42 Å². The highest BCUT2D eigenvalue weighted by Crippen LogP contribution is 2.16. The Bertz CT molecular complexity index is 391. The Labute approximate surface area is 126 Å². The molecule has 0 bridgehead atoms. The van der Waals surface area contributed by atoms with E-state index >= 15 is 0 Å². The predicted molar refractivity (Wildman–Crippen MR) is 87.5 cm³/mol. The Kier molecular flexibility index (Phi) is 6.60. The van der Waals surface area contributed by atoms with Gasteiger partial charge in [0, 0.05) is 43.2 Å². The predicted octanol–water partition coefficient (Wildman–Crippen LogP) is 2.67. The highest BCUT2D eigenvalue weighted by Gasteiger charge is 2.18. The molecular formula is C15H26N4S. The molecule has 0 atom stereocenters. The monoisotopic (exact) mass is 294 g/mol. The Morgan fingerprint density at radius 2 is 2.10 bits per heavy atom. The first kappa shape index (κ1) is 15.6. The van der Waals surface area contributed by atoms with Gasteiger partial charge >= 0.3 is 0 Å². The minimum atomic E-state index is 0.560. The van der Waals surface area contributed by atoms with Crippen molar-refractivity contribution in [2.45, 2.75) is 39.2 Å². The lowest BCUT2D eigenvalue weighted by atomic mass is 10.1. The fourth-order valence-corrected chi connectivity index (χ4v) is 3.19. The number of nitrogens with one attached hydrogen (secondary N) is 1. The van der Waals surface area contributed by atoms with Gasteiger partial charge in [-0.15, -0.1) is 0 Å². The van der Waals surface area contributed by atoms with E-state index in [0.717, 1.165) is 17.9 Å². The summed E-state index contributed by atoms with van der Waals surface area (Å²) < 4.78 is 0. The lowest BCUT2D eigenvalue weighted by molar-refractivity contribution is 0.231. The molecular weight excluding hydrogens is 268 g/mol. The van der Waals surface area contributed by atoms with Gasteiger partial charge in [0.25, 0.3) is 0 Å². The number of thioether (sulfide) groups is 1. The molecule has 0 radical (unpaired) electrons. The van der Waals surface area contributed by atoms with Crippen molar-refractivity contribution in [2.24, 2.45) is 0 Å². The molecule has 2 rings (SSSR count). The summed E-state index contributed by atoms with van der Waals surface area (Å²) in [5.41, 5.74) is 1.11. The van der Waals surface area contributed by atoms with Crippen molar-refractivity contribution in [3.63, 3.8) is 0 Å². The fourth-order valence-electron chi connectivity index (χ4n) is 2.52. The third-order valence-corrected chi connectivity index (χ3v) is 4.66. The Balaban J connectivity index is 1.73. The number of anilines is 1. The zero-order valence-electron chi connectivity index (χ0n) is 12.6. The van der Waals surface area contributed by atoms with E-state index < -0.39 is 0 Å². The Morgan fingerprint density at radius 3 is 2.80 bits per heavy atom. The van der Waals surface area contributed by atoms with Crippen LogP contribution in [0.15, 0.2) is 12.4 Å². The number of hydrogen-bond acceptors (Lipinski definition) is 5. The van der Waals surface area contributed by atoms with Gasteiger partial charge in [-0.3, -0.25) is 0 Å². The molecule has 2 heterocycles. The lowest BCUT2D eigenvalue weighted by Crippen LogP contribution is -2.40. The zero-order valence-corrected chi connectivity index (χ0v) is 13.5. The molecule has 1 aliphatic heterocycles. The van der Waals surface area contributed by atoms with Crippen LogP contribution in [0, 0.1) is 0 Å².